The molecule has 0 heterocycles. The van der Waals surface area contributed by atoms with Crippen molar-refractivity contribution < 1.29 is 9.59 Å². The Morgan fingerprint density at radius 3 is 2.19 bits per heavy atom. The molecule has 0 fully saturated rings. The van der Waals surface area contributed by atoms with Gasteiger partial charge in [-0.2, -0.15) is 0 Å². The molecule has 0 saturated carbocycles. The van der Waals surface area contributed by atoms with Crippen molar-refractivity contribution in [3.8, 4) is 0 Å². The third kappa shape index (κ3) is 6.21. The van der Waals surface area contributed by atoms with Crippen molar-refractivity contribution >= 4 is 23.4 Å². The average molecular weight is 449 g/mol. The number of likely N-dealkylation sites (N-methyl/N-ethyl adjacent to an activating group) is 1. The van der Waals surface area contributed by atoms with E-state index in [-0.39, 0.29) is 18.2 Å². The van der Waals surface area contributed by atoms with Crippen LogP contribution in [0.3, 0.4) is 0 Å². The van der Waals surface area contributed by atoms with Gasteiger partial charge in [0.25, 0.3) is 0 Å². The Bertz CT molecular complexity index is 1050. The lowest BCUT2D eigenvalue weighted by atomic mass is 10.0. The molecule has 1 N–H and O–H groups in total. The van der Waals surface area contributed by atoms with Crippen LogP contribution in [0, 0.1) is 6.92 Å². The SMILES string of the molecule is CCNC(=O)[C@H](Cc1ccccc1)N(Cc1ccccc1C)C(=O)Cc1ccccc1Cl. The van der Waals surface area contributed by atoms with Gasteiger partial charge >= 0.3 is 0 Å². The third-order valence-corrected chi connectivity index (χ3v) is 5.89. The van der Waals surface area contributed by atoms with Gasteiger partial charge in [-0.3, -0.25) is 9.59 Å². The average Bonchev–Trinajstić information content (AvgIpc) is 2.79. The van der Waals surface area contributed by atoms with Crippen molar-refractivity contribution in [3.05, 3.63) is 106 Å². The predicted octanol–water partition coefficient (Wildman–Crippen LogP) is 4.97. The lowest BCUT2D eigenvalue weighted by Crippen LogP contribution is -2.51. The van der Waals surface area contributed by atoms with Gasteiger partial charge in [0.2, 0.25) is 11.8 Å². The zero-order chi connectivity index (χ0) is 22.9. The van der Waals surface area contributed by atoms with Crippen LogP contribution < -0.4 is 5.32 Å². The summed E-state index contributed by atoms with van der Waals surface area (Å²) in [7, 11) is 0. The van der Waals surface area contributed by atoms with Crippen molar-refractivity contribution in [2.75, 3.05) is 6.54 Å². The quantitative estimate of drug-likeness (QED) is 0.502. The standard InChI is InChI=1S/C27H29ClN2O2/c1-3-29-27(32)25(17-21-12-5-4-6-13-21)30(19-23-15-8-7-11-20(23)2)26(31)18-22-14-9-10-16-24(22)28/h4-16,25H,3,17-19H2,1-2H3,(H,29,32)/t25-/m0/s1. The Labute approximate surface area is 195 Å². The maximum atomic E-state index is 13.6. The van der Waals surface area contributed by atoms with Gasteiger partial charge in [-0.05, 0) is 42.2 Å². The van der Waals surface area contributed by atoms with E-state index in [0.29, 0.717) is 24.5 Å². The topological polar surface area (TPSA) is 49.4 Å². The molecule has 3 rings (SSSR count). The Hall–Kier alpha value is -3.11. The number of aryl methyl sites for hydroxylation is 1. The molecule has 4 nitrogen and oxygen atoms in total. The monoisotopic (exact) mass is 448 g/mol. The van der Waals surface area contributed by atoms with E-state index in [1.165, 1.54) is 0 Å². The van der Waals surface area contributed by atoms with Crippen LogP contribution in [0.25, 0.3) is 0 Å². The van der Waals surface area contributed by atoms with Crippen molar-refractivity contribution in [1.82, 2.24) is 10.2 Å². The predicted molar refractivity (Wildman–Crippen MR) is 130 cm³/mol. The van der Waals surface area contributed by atoms with E-state index in [2.05, 4.69) is 5.32 Å². The van der Waals surface area contributed by atoms with E-state index in [9.17, 15) is 9.59 Å². The van der Waals surface area contributed by atoms with Crippen LogP contribution in [0.5, 0.6) is 0 Å². The molecule has 0 saturated heterocycles. The first-order valence-corrected chi connectivity index (χ1v) is 11.3. The maximum absolute atomic E-state index is 13.6. The molecule has 0 aliphatic heterocycles. The molecule has 5 heteroatoms. The molecule has 3 aromatic carbocycles. The van der Waals surface area contributed by atoms with Crippen LogP contribution in [0.4, 0.5) is 0 Å². The van der Waals surface area contributed by atoms with Gasteiger partial charge < -0.3 is 10.2 Å². The number of halogens is 1. The molecule has 0 unspecified atom stereocenters. The molecule has 0 bridgehead atoms. The van der Waals surface area contributed by atoms with Crippen molar-refractivity contribution in [3.63, 3.8) is 0 Å². The summed E-state index contributed by atoms with van der Waals surface area (Å²) < 4.78 is 0. The van der Waals surface area contributed by atoms with E-state index in [1.807, 2.05) is 86.6 Å². The number of amides is 2. The highest BCUT2D eigenvalue weighted by Gasteiger charge is 2.30. The van der Waals surface area contributed by atoms with Crippen LogP contribution in [0.15, 0.2) is 78.9 Å². The Morgan fingerprint density at radius 1 is 0.906 bits per heavy atom. The number of nitrogens with zero attached hydrogens (tertiary/aromatic N) is 1. The first-order chi connectivity index (χ1) is 15.5. The fourth-order valence-corrected chi connectivity index (χ4v) is 3.93. The minimum atomic E-state index is -0.632. The Balaban J connectivity index is 1.98. The Kier molecular flexibility index (Phi) is 8.46. The van der Waals surface area contributed by atoms with Crippen LogP contribution in [0.1, 0.15) is 29.2 Å². The highest BCUT2D eigenvalue weighted by atomic mass is 35.5. The Morgan fingerprint density at radius 2 is 1.53 bits per heavy atom. The number of nitrogens with one attached hydrogen (secondary N) is 1. The van der Waals surface area contributed by atoms with Crippen LogP contribution in [0.2, 0.25) is 5.02 Å². The number of carbonyl (C=O) groups excluding carboxylic acids is 2. The lowest BCUT2D eigenvalue weighted by molar-refractivity contribution is -0.140. The molecule has 0 aromatic heterocycles. The van der Waals surface area contributed by atoms with E-state index >= 15 is 0 Å². The summed E-state index contributed by atoms with van der Waals surface area (Å²) in [6.07, 6.45) is 0.572. The van der Waals surface area contributed by atoms with Crippen LogP contribution >= 0.6 is 11.6 Å². The normalized spacial score (nSPS) is 11.6. The molecule has 0 radical (unpaired) electrons. The van der Waals surface area contributed by atoms with Gasteiger partial charge in [0.05, 0.1) is 6.42 Å². The minimum Gasteiger partial charge on any atom is -0.355 e. The minimum absolute atomic E-state index is 0.131. The van der Waals surface area contributed by atoms with Crippen LogP contribution in [-0.4, -0.2) is 29.3 Å². The molecule has 1 atom stereocenters. The summed E-state index contributed by atoms with van der Waals surface area (Å²) in [6.45, 7) is 4.75. The summed E-state index contributed by atoms with van der Waals surface area (Å²) in [4.78, 5) is 28.5. The molecule has 0 aliphatic carbocycles. The zero-order valence-electron chi connectivity index (χ0n) is 18.6. The van der Waals surface area contributed by atoms with Crippen molar-refractivity contribution in [1.29, 1.82) is 0 Å². The molecule has 32 heavy (non-hydrogen) atoms. The highest BCUT2D eigenvalue weighted by molar-refractivity contribution is 6.31. The smallest absolute Gasteiger partial charge is 0.243 e. The van der Waals surface area contributed by atoms with E-state index in [1.54, 1.807) is 11.0 Å². The van der Waals surface area contributed by atoms with Crippen LogP contribution in [-0.2, 0) is 29.0 Å². The van der Waals surface area contributed by atoms with Gasteiger partial charge in [-0.15, -0.1) is 0 Å². The number of benzene rings is 3. The van der Waals surface area contributed by atoms with Gasteiger partial charge in [0, 0.05) is 24.5 Å². The zero-order valence-corrected chi connectivity index (χ0v) is 19.3. The lowest BCUT2D eigenvalue weighted by Gasteiger charge is -2.32. The van der Waals surface area contributed by atoms with E-state index in [0.717, 1.165) is 22.3 Å². The van der Waals surface area contributed by atoms with Gasteiger partial charge in [-0.25, -0.2) is 0 Å². The van der Waals surface area contributed by atoms with Gasteiger partial charge in [0.1, 0.15) is 6.04 Å². The molecule has 166 valence electrons. The van der Waals surface area contributed by atoms with Gasteiger partial charge in [-0.1, -0.05) is 84.4 Å². The maximum Gasteiger partial charge on any atom is 0.243 e. The second-order valence-corrected chi connectivity index (χ2v) is 8.22. The highest BCUT2D eigenvalue weighted by Crippen LogP contribution is 2.21. The molecule has 0 spiro atoms. The van der Waals surface area contributed by atoms with Crippen molar-refractivity contribution in [2.24, 2.45) is 0 Å². The summed E-state index contributed by atoms with van der Waals surface area (Å²) in [5.41, 5.74) is 3.85. The van der Waals surface area contributed by atoms with Crippen molar-refractivity contribution in [2.45, 2.75) is 39.3 Å². The first kappa shape index (κ1) is 23.6. The fraction of sp³-hybridized carbons (Fsp3) is 0.259. The number of carbonyl (C=O) groups is 2. The van der Waals surface area contributed by atoms with Gasteiger partial charge in [0.15, 0.2) is 0 Å². The molecule has 2 amide bonds. The largest absolute Gasteiger partial charge is 0.355 e. The number of hydrogen-bond acceptors (Lipinski definition) is 2. The summed E-state index contributed by atoms with van der Waals surface area (Å²) in [6, 6.07) is 24.5. The van der Waals surface area contributed by atoms with E-state index in [4.69, 9.17) is 11.6 Å². The molecule has 3 aromatic rings. The fourth-order valence-electron chi connectivity index (χ4n) is 3.72. The van der Waals surface area contributed by atoms with E-state index < -0.39 is 6.04 Å². The molecular formula is C27H29ClN2O2. The second-order valence-electron chi connectivity index (χ2n) is 7.82. The number of hydrogen-bond donors (Lipinski definition) is 1. The number of rotatable bonds is 9. The second kappa shape index (κ2) is 11.5. The summed E-state index contributed by atoms with van der Waals surface area (Å²) >= 11 is 6.33. The third-order valence-electron chi connectivity index (χ3n) is 5.52. The molecular weight excluding hydrogens is 420 g/mol. The molecule has 0 aliphatic rings. The summed E-state index contributed by atoms with van der Waals surface area (Å²) in [5.74, 6) is -0.286. The first-order valence-electron chi connectivity index (χ1n) is 10.9. The summed E-state index contributed by atoms with van der Waals surface area (Å²) in [5, 5.41) is 3.47.